The lowest BCUT2D eigenvalue weighted by Gasteiger charge is -2.13. The van der Waals surface area contributed by atoms with E-state index in [1.807, 2.05) is 24.3 Å². The van der Waals surface area contributed by atoms with Gasteiger partial charge in [0.25, 0.3) is 5.91 Å². The zero-order valence-corrected chi connectivity index (χ0v) is 24.2. The average molecular weight is 645 g/mol. The van der Waals surface area contributed by atoms with Gasteiger partial charge in [0.15, 0.2) is 17.2 Å². The van der Waals surface area contributed by atoms with Gasteiger partial charge in [-0.1, -0.05) is 62.9 Å². The number of hydrogen-bond donors (Lipinski definition) is 2. The fourth-order valence-electron chi connectivity index (χ4n) is 3.55. The predicted molar refractivity (Wildman–Crippen MR) is 156 cm³/mol. The Morgan fingerprint density at radius 3 is 2.88 bits per heavy atom. The number of carbonyl (C=O) groups is 1. The molecule has 0 saturated carbocycles. The van der Waals surface area contributed by atoms with E-state index >= 15 is 0 Å². The lowest BCUT2D eigenvalue weighted by atomic mass is 10.2. The van der Waals surface area contributed by atoms with Crippen molar-refractivity contribution in [3.63, 3.8) is 0 Å². The number of aromatic nitrogens is 5. The number of methoxy groups -OCH3 is 1. The fraction of sp³-hybridized carbons (Fsp3) is 0.208. The Labute approximate surface area is 245 Å². The zero-order chi connectivity index (χ0) is 27.9. The van der Waals surface area contributed by atoms with Crippen molar-refractivity contribution in [2.45, 2.75) is 12.4 Å². The molecule has 0 aliphatic carbocycles. The number of thioether (sulfide) groups is 2. The van der Waals surface area contributed by atoms with E-state index in [4.69, 9.17) is 19.8 Å². The van der Waals surface area contributed by atoms with Gasteiger partial charge >= 0.3 is 0 Å². The molecule has 0 fully saturated rings. The standard InChI is InChI=1S/C24H22BrN9O4S2/c1-36-18-4-2-3-15(20(18)37-12-14-5-7-16(25)8-6-14)11-28-30-23(35)19-17(13-40-24-27-9-10-39-24)34(33-29-19)22-21(26)31-38-32-22/h2-8,11H,9-10,12-13H2,1H3,(H2,26,31)(H,30,35)/b28-11+. The Morgan fingerprint density at radius 2 is 2.15 bits per heavy atom. The molecule has 1 aliphatic rings. The quantitative estimate of drug-likeness (QED) is 0.191. The van der Waals surface area contributed by atoms with Crippen molar-refractivity contribution in [2.24, 2.45) is 10.1 Å². The maximum absolute atomic E-state index is 13.1. The highest BCUT2D eigenvalue weighted by molar-refractivity contribution is 9.10. The number of halogens is 1. The van der Waals surface area contributed by atoms with Crippen molar-refractivity contribution in [1.82, 2.24) is 30.7 Å². The number of para-hydroxylation sites is 1. The van der Waals surface area contributed by atoms with Gasteiger partial charge in [0.05, 0.1) is 25.6 Å². The predicted octanol–water partition coefficient (Wildman–Crippen LogP) is 3.68. The molecule has 4 aromatic rings. The number of nitrogens with zero attached hydrogens (tertiary/aromatic N) is 7. The number of hydrogen-bond acceptors (Lipinski definition) is 13. The van der Waals surface area contributed by atoms with Crippen molar-refractivity contribution < 1.29 is 18.9 Å². The highest BCUT2D eigenvalue weighted by Crippen LogP contribution is 2.31. The third-order valence-corrected chi connectivity index (χ3v) is 8.25. The summed E-state index contributed by atoms with van der Waals surface area (Å²) in [4.78, 5) is 17.6. The van der Waals surface area contributed by atoms with Crippen LogP contribution in [-0.2, 0) is 12.4 Å². The van der Waals surface area contributed by atoms with Crippen LogP contribution in [0.4, 0.5) is 5.82 Å². The van der Waals surface area contributed by atoms with E-state index in [0.717, 1.165) is 26.7 Å². The van der Waals surface area contributed by atoms with Gasteiger partial charge in [-0.2, -0.15) is 9.78 Å². The number of nitrogens with two attached hydrogens (primary N) is 1. The third kappa shape index (κ3) is 6.46. The smallest absolute Gasteiger partial charge is 0.293 e. The molecule has 5 rings (SSSR count). The van der Waals surface area contributed by atoms with Gasteiger partial charge in [-0.3, -0.25) is 9.79 Å². The number of rotatable bonds is 10. The first-order valence-corrected chi connectivity index (χ1v) is 14.5. The number of nitrogen functional groups attached to an aromatic ring is 1. The van der Waals surface area contributed by atoms with Gasteiger partial charge in [-0.05, 0) is 40.1 Å². The number of carbonyl (C=O) groups excluding carboxylic acids is 1. The van der Waals surface area contributed by atoms with E-state index in [0.29, 0.717) is 35.1 Å². The lowest BCUT2D eigenvalue weighted by molar-refractivity contribution is 0.0949. The minimum atomic E-state index is -0.575. The first kappa shape index (κ1) is 27.7. The summed E-state index contributed by atoms with van der Waals surface area (Å²) in [5.74, 6) is 1.84. The van der Waals surface area contributed by atoms with Crippen molar-refractivity contribution >= 4 is 61.8 Å². The molecule has 40 heavy (non-hydrogen) atoms. The van der Waals surface area contributed by atoms with Crippen molar-refractivity contribution in [2.75, 3.05) is 25.1 Å². The van der Waals surface area contributed by atoms with Crippen LogP contribution in [0.1, 0.15) is 27.3 Å². The first-order valence-electron chi connectivity index (χ1n) is 11.7. The summed E-state index contributed by atoms with van der Waals surface area (Å²) in [7, 11) is 1.56. The normalized spacial score (nSPS) is 13.0. The van der Waals surface area contributed by atoms with Crippen LogP contribution in [0.5, 0.6) is 11.5 Å². The van der Waals surface area contributed by atoms with E-state index in [9.17, 15) is 4.79 Å². The molecule has 0 saturated heterocycles. The second-order valence-corrected chi connectivity index (χ2v) is 11.3. The molecular formula is C24H22BrN9O4S2. The molecule has 3 heterocycles. The number of amides is 1. The number of anilines is 1. The van der Waals surface area contributed by atoms with Crippen LogP contribution >= 0.6 is 39.5 Å². The van der Waals surface area contributed by atoms with Crippen LogP contribution in [-0.4, -0.2) is 61.2 Å². The van der Waals surface area contributed by atoms with Crippen LogP contribution in [0.25, 0.3) is 5.82 Å². The Morgan fingerprint density at radius 1 is 1.30 bits per heavy atom. The largest absolute Gasteiger partial charge is 0.493 e. The second kappa shape index (κ2) is 13.0. The van der Waals surface area contributed by atoms with Gasteiger partial charge in [0.1, 0.15) is 11.0 Å². The molecule has 206 valence electrons. The molecule has 1 aliphatic heterocycles. The lowest BCUT2D eigenvalue weighted by Crippen LogP contribution is -2.20. The Kier molecular flexibility index (Phi) is 8.98. The van der Waals surface area contributed by atoms with E-state index in [1.165, 1.54) is 22.7 Å². The molecule has 0 unspecified atom stereocenters. The molecule has 0 radical (unpaired) electrons. The molecule has 2 aromatic carbocycles. The minimum Gasteiger partial charge on any atom is -0.493 e. The highest BCUT2D eigenvalue weighted by Gasteiger charge is 2.25. The number of nitrogens with one attached hydrogen (secondary N) is 1. The third-order valence-electron chi connectivity index (χ3n) is 5.46. The monoisotopic (exact) mass is 643 g/mol. The minimum absolute atomic E-state index is 0.0161. The summed E-state index contributed by atoms with van der Waals surface area (Å²) < 4.78 is 19.5. The Bertz CT molecular complexity index is 1560. The van der Waals surface area contributed by atoms with Crippen molar-refractivity contribution in [3.8, 4) is 17.3 Å². The van der Waals surface area contributed by atoms with E-state index in [2.05, 4.69) is 52.1 Å². The van der Waals surface area contributed by atoms with Crippen molar-refractivity contribution in [1.29, 1.82) is 0 Å². The second-order valence-electron chi connectivity index (χ2n) is 8.05. The first-order chi connectivity index (χ1) is 19.5. The SMILES string of the molecule is COc1cccc(/C=N/NC(=O)c2nnn(-c3nonc3N)c2CSC2=NCCS2)c1OCc1ccc(Br)cc1. The topological polar surface area (TPSA) is 168 Å². The Hall–Kier alpha value is -3.89. The number of ether oxygens (including phenoxy) is 2. The summed E-state index contributed by atoms with van der Waals surface area (Å²) >= 11 is 6.54. The van der Waals surface area contributed by atoms with Gasteiger partial charge < -0.3 is 15.2 Å². The van der Waals surface area contributed by atoms with E-state index < -0.39 is 5.91 Å². The highest BCUT2D eigenvalue weighted by atomic mass is 79.9. The van der Waals surface area contributed by atoms with Crippen LogP contribution in [0, 0.1) is 0 Å². The van der Waals surface area contributed by atoms with Crippen LogP contribution < -0.4 is 20.6 Å². The average Bonchev–Trinajstić information content (AvgIpc) is 3.73. The molecule has 1 amide bonds. The van der Waals surface area contributed by atoms with Crippen LogP contribution in [0.15, 0.2) is 61.7 Å². The molecule has 3 N–H and O–H groups in total. The molecule has 0 bridgehead atoms. The number of hydrazone groups is 1. The van der Waals surface area contributed by atoms with E-state index in [1.54, 1.807) is 37.1 Å². The summed E-state index contributed by atoms with van der Waals surface area (Å²) in [6.45, 7) is 1.07. The van der Waals surface area contributed by atoms with Gasteiger partial charge in [0.2, 0.25) is 11.6 Å². The van der Waals surface area contributed by atoms with Crippen molar-refractivity contribution in [3.05, 3.63) is 69.5 Å². The summed E-state index contributed by atoms with van der Waals surface area (Å²) in [5, 5.41) is 19.6. The Balaban J connectivity index is 1.33. The number of benzene rings is 2. The zero-order valence-electron chi connectivity index (χ0n) is 21.0. The van der Waals surface area contributed by atoms with Gasteiger partial charge in [-0.15, -0.1) is 5.10 Å². The van der Waals surface area contributed by atoms with Gasteiger partial charge in [-0.25, -0.2) is 10.1 Å². The molecule has 13 nitrogen and oxygen atoms in total. The maximum Gasteiger partial charge on any atom is 0.293 e. The van der Waals surface area contributed by atoms with E-state index in [-0.39, 0.29) is 17.3 Å². The van der Waals surface area contributed by atoms with Crippen LogP contribution in [0.2, 0.25) is 0 Å². The molecule has 0 atom stereocenters. The molecular weight excluding hydrogens is 622 g/mol. The fourth-order valence-corrected chi connectivity index (χ4v) is 5.81. The van der Waals surface area contributed by atoms with Gasteiger partial charge in [0, 0.05) is 21.5 Å². The molecule has 0 spiro atoms. The van der Waals surface area contributed by atoms with Crippen LogP contribution in [0.3, 0.4) is 0 Å². The number of aliphatic imine (C=N–C) groups is 1. The summed E-state index contributed by atoms with van der Waals surface area (Å²) in [6.07, 6.45) is 1.47. The molecule has 16 heteroatoms. The molecule has 2 aromatic heterocycles. The summed E-state index contributed by atoms with van der Waals surface area (Å²) in [5.41, 5.74) is 10.4. The maximum atomic E-state index is 13.1. The summed E-state index contributed by atoms with van der Waals surface area (Å²) in [6, 6.07) is 13.2.